The number of hydrogen-bond acceptors (Lipinski definition) is 5. The lowest BCUT2D eigenvalue weighted by molar-refractivity contribution is -0.535. The number of carbonyl (C=O) groups excluding carboxylic acids is 1. The quantitative estimate of drug-likeness (QED) is 0.525. The second kappa shape index (κ2) is 6.60. The lowest BCUT2D eigenvalue weighted by Crippen LogP contribution is -2.40. The van der Waals surface area contributed by atoms with Gasteiger partial charge in [0.05, 0.1) is 18.1 Å². The van der Waals surface area contributed by atoms with Gasteiger partial charge in [0.25, 0.3) is 0 Å². The van der Waals surface area contributed by atoms with E-state index in [2.05, 4.69) is 0 Å². The third-order valence-corrected chi connectivity index (χ3v) is 3.96. The van der Waals surface area contributed by atoms with E-state index in [-0.39, 0.29) is 35.2 Å². The molecule has 2 rings (SSSR count). The van der Waals surface area contributed by atoms with Crippen molar-refractivity contribution in [1.29, 1.82) is 0 Å². The number of hydrogen-bond donors (Lipinski definition) is 1. The van der Waals surface area contributed by atoms with Crippen LogP contribution in [0.15, 0.2) is 41.7 Å². The number of esters is 1. The highest BCUT2D eigenvalue weighted by Crippen LogP contribution is 2.41. The highest BCUT2D eigenvalue weighted by atomic mass is 16.6. The van der Waals surface area contributed by atoms with Crippen molar-refractivity contribution in [2.24, 2.45) is 5.92 Å². The fourth-order valence-electron chi connectivity index (χ4n) is 3.02. The van der Waals surface area contributed by atoms with E-state index in [9.17, 15) is 20.0 Å². The highest BCUT2D eigenvalue weighted by molar-refractivity contribution is 5.91. The molecule has 6 nitrogen and oxygen atoms in total. The fraction of sp³-hybridized carbons (Fsp3) is 0.438. The number of carbonyl (C=O) groups is 1. The summed E-state index contributed by atoms with van der Waals surface area (Å²) in [7, 11) is 0. The molecule has 1 aromatic carbocycles. The summed E-state index contributed by atoms with van der Waals surface area (Å²) in [6.07, 6.45) is 0.100. The van der Waals surface area contributed by atoms with Crippen molar-refractivity contribution in [3.8, 4) is 0 Å². The van der Waals surface area contributed by atoms with Gasteiger partial charge in [-0.15, -0.1) is 0 Å². The van der Waals surface area contributed by atoms with Crippen LogP contribution in [0.4, 0.5) is 0 Å². The van der Waals surface area contributed by atoms with Crippen molar-refractivity contribution in [2.45, 2.75) is 32.2 Å². The summed E-state index contributed by atoms with van der Waals surface area (Å²) in [4.78, 5) is 23.4. The predicted octanol–water partition coefficient (Wildman–Crippen LogP) is 2.83. The molecular formula is C16H19NO5. The van der Waals surface area contributed by atoms with Crippen molar-refractivity contribution in [3.63, 3.8) is 0 Å². The molecule has 0 amide bonds. The number of aliphatic hydroxyl groups excluding tert-OH is 1. The van der Waals surface area contributed by atoms with E-state index in [1.54, 1.807) is 44.2 Å². The van der Waals surface area contributed by atoms with Gasteiger partial charge in [-0.1, -0.05) is 37.3 Å². The van der Waals surface area contributed by atoms with Crippen molar-refractivity contribution in [1.82, 2.24) is 0 Å². The van der Waals surface area contributed by atoms with E-state index in [1.807, 2.05) is 0 Å². The first kappa shape index (κ1) is 16.0. The van der Waals surface area contributed by atoms with Crippen LogP contribution in [0.25, 0.3) is 0 Å². The molecule has 1 aliphatic carbocycles. The molecule has 22 heavy (non-hydrogen) atoms. The molecule has 0 radical (unpaired) electrons. The van der Waals surface area contributed by atoms with Gasteiger partial charge in [0.2, 0.25) is 6.04 Å². The number of rotatable bonds is 4. The molecule has 118 valence electrons. The third kappa shape index (κ3) is 2.95. The van der Waals surface area contributed by atoms with Gasteiger partial charge in [0.15, 0.2) is 0 Å². The van der Waals surface area contributed by atoms with E-state index >= 15 is 0 Å². The Hall–Kier alpha value is -2.37. The number of ether oxygens (including phenoxy) is 1. The standard InChI is InChI=1S/C16H19NO5/c1-3-22-16(19)14-12(18)9-10(2)15(17(20)21)13(14)11-7-5-4-6-8-11/h4-8,10,13,15,18H,3,9H2,1-2H3/t10-,13-,15-/m0/s1. The molecule has 0 saturated heterocycles. The van der Waals surface area contributed by atoms with Crippen LogP contribution in [-0.2, 0) is 9.53 Å². The fourth-order valence-corrected chi connectivity index (χ4v) is 3.02. The van der Waals surface area contributed by atoms with Gasteiger partial charge in [-0.3, -0.25) is 10.1 Å². The van der Waals surface area contributed by atoms with Crippen LogP contribution >= 0.6 is 0 Å². The zero-order valence-corrected chi connectivity index (χ0v) is 12.6. The van der Waals surface area contributed by atoms with Crippen molar-refractivity contribution in [2.75, 3.05) is 6.61 Å². The number of aliphatic hydroxyl groups is 1. The summed E-state index contributed by atoms with van der Waals surface area (Å²) < 4.78 is 4.99. The lowest BCUT2D eigenvalue weighted by Gasteiger charge is -2.31. The Morgan fingerprint density at radius 3 is 2.59 bits per heavy atom. The smallest absolute Gasteiger partial charge is 0.338 e. The van der Waals surface area contributed by atoms with E-state index in [1.165, 1.54) is 0 Å². The maximum atomic E-state index is 12.2. The first-order valence-corrected chi connectivity index (χ1v) is 7.24. The molecule has 1 aromatic rings. The molecule has 0 unspecified atom stereocenters. The third-order valence-electron chi connectivity index (χ3n) is 3.96. The lowest BCUT2D eigenvalue weighted by atomic mass is 9.73. The van der Waals surface area contributed by atoms with Crippen LogP contribution in [0, 0.1) is 16.0 Å². The Morgan fingerprint density at radius 1 is 1.41 bits per heavy atom. The molecule has 1 aliphatic rings. The van der Waals surface area contributed by atoms with E-state index in [0.717, 1.165) is 0 Å². The summed E-state index contributed by atoms with van der Waals surface area (Å²) in [5.74, 6) is -1.98. The monoisotopic (exact) mass is 305 g/mol. The maximum absolute atomic E-state index is 12.2. The Morgan fingerprint density at radius 2 is 2.05 bits per heavy atom. The molecule has 6 heteroatoms. The molecule has 1 N–H and O–H groups in total. The molecule has 0 aromatic heterocycles. The van der Waals surface area contributed by atoms with Crippen molar-refractivity contribution >= 4 is 5.97 Å². The Labute approximate surface area is 128 Å². The largest absolute Gasteiger partial charge is 0.512 e. The van der Waals surface area contributed by atoms with Crippen LogP contribution in [0.2, 0.25) is 0 Å². The van der Waals surface area contributed by atoms with Crippen LogP contribution < -0.4 is 0 Å². The zero-order chi connectivity index (χ0) is 16.3. The van der Waals surface area contributed by atoms with E-state index < -0.39 is 17.9 Å². The number of nitrogens with zero attached hydrogens (tertiary/aromatic N) is 1. The summed E-state index contributed by atoms with van der Waals surface area (Å²) >= 11 is 0. The van der Waals surface area contributed by atoms with Crippen LogP contribution in [-0.4, -0.2) is 28.6 Å². The van der Waals surface area contributed by atoms with Crippen LogP contribution in [0.3, 0.4) is 0 Å². The normalized spacial score (nSPS) is 24.9. The van der Waals surface area contributed by atoms with Gasteiger partial charge in [-0.2, -0.15) is 0 Å². The second-order valence-corrected chi connectivity index (χ2v) is 5.43. The molecule has 0 bridgehead atoms. The number of benzene rings is 1. The number of allylic oxidation sites excluding steroid dienone is 1. The predicted molar refractivity (Wildman–Crippen MR) is 80.0 cm³/mol. The SMILES string of the molecule is CCOC(=O)C1=C(O)C[C@H](C)[C@H]([N+](=O)[O-])[C@H]1c1ccccc1. The molecule has 0 spiro atoms. The summed E-state index contributed by atoms with van der Waals surface area (Å²) in [5, 5.41) is 21.8. The Bertz CT molecular complexity index is 596. The van der Waals surface area contributed by atoms with Crippen LogP contribution in [0.1, 0.15) is 31.7 Å². The van der Waals surface area contributed by atoms with Gasteiger partial charge in [0, 0.05) is 17.3 Å². The molecular weight excluding hydrogens is 286 g/mol. The Kier molecular flexibility index (Phi) is 4.80. The van der Waals surface area contributed by atoms with Gasteiger partial charge < -0.3 is 9.84 Å². The highest BCUT2D eigenvalue weighted by Gasteiger charge is 2.47. The van der Waals surface area contributed by atoms with Crippen molar-refractivity contribution in [3.05, 3.63) is 57.3 Å². The number of nitro groups is 1. The van der Waals surface area contributed by atoms with E-state index in [0.29, 0.717) is 5.56 Å². The minimum Gasteiger partial charge on any atom is -0.512 e. The van der Waals surface area contributed by atoms with Crippen LogP contribution in [0.5, 0.6) is 0 Å². The van der Waals surface area contributed by atoms with Gasteiger partial charge in [-0.25, -0.2) is 4.79 Å². The van der Waals surface area contributed by atoms with Crippen molar-refractivity contribution < 1.29 is 19.6 Å². The maximum Gasteiger partial charge on any atom is 0.338 e. The second-order valence-electron chi connectivity index (χ2n) is 5.43. The molecule has 0 fully saturated rings. The zero-order valence-electron chi connectivity index (χ0n) is 12.6. The molecule has 3 atom stereocenters. The first-order valence-electron chi connectivity index (χ1n) is 7.24. The first-order chi connectivity index (χ1) is 10.5. The summed E-state index contributed by atoms with van der Waals surface area (Å²) in [6.45, 7) is 3.51. The topological polar surface area (TPSA) is 89.7 Å². The summed E-state index contributed by atoms with van der Waals surface area (Å²) in [6, 6.07) is 7.79. The average molecular weight is 305 g/mol. The summed E-state index contributed by atoms with van der Waals surface area (Å²) in [5.41, 5.74) is 0.637. The van der Waals surface area contributed by atoms with Gasteiger partial charge in [0.1, 0.15) is 5.76 Å². The molecule has 0 heterocycles. The minimum absolute atomic E-state index is 0.00727. The molecule has 0 aliphatic heterocycles. The Balaban J connectivity index is 2.57. The average Bonchev–Trinajstić information content (AvgIpc) is 2.47. The van der Waals surface area contributed by atoms with Gasteiger partial charge in [-0.05, 0) is 12.5 Å². The minimum atomic E-state index is -0.974. The molecule has 0 saturated carbocycles. The van der Waals surface area contributed by atoms with E-state index in [4.69, 9.17) is 4.74 Å². The van der Waals surface area contributed by atoms with Gasteiger partial charge >= 0.3 is 5.97 Å².